The minimum absolute atomic E-state index is 0.415. The Morgan fingerprint density at radius 1 is 1.33 bits per heavy atom. The summed E-state index contributed by atoms with van der Waals surface area (Å²) in [5.41, 5.74) is 0. The van der Waals surface area contributed by atoms with E-state index >= 15 is 0 Å². The summed E-state index contributed by atoms with van der Waals surface area (Å²) in [5, 5.41) is 7.53. The molecule has 0 aromatic rings. The van der Waals surface area contributed by atoms with Crippen molar-refractivity contribution >= 4 is 5.90 Å². The van der Waals surface area contributed by atoms with Gasteiger partial charge in [-0.05, 0) is 31.6 Å². The second-order valence-corrected chi connectivity index (χ2v) is 3.69. The summed E-state index contributed by atoms with van der Waals surface area (Å²) in [7, 11) is 1.61. The molecule has 1 saturated carbocycles. The van der Waals surface area contributed by atoms with Crippen LogP contribution in [0.15, 0.2) is 0 Å². The van der Waals surface area contributed by atoms with E-state index in [4.69, 9.17) is 10.1 Å². The monoisotopic (exact) mass is 169 g/mol. The Balaban J connectivity index is 2.30. The summed E-state index contributed by atoms with van der Waals surface area (Å²) in [4.78, 5) is 0. The number of rotatable bonds is 2. The lowest BCUT2D eigenvalue weighted by molar-refractivity contribution is 0.273. The molecule has 0 unspecified atom stereocenters. The van der Waals surface area contributed by atoms with Crippen LogP contribution in [0.5, 0.6) is 0 Å². The van der Waals surface area contributed by atoms with Crippen molar-refractivity contribution in [3.8, 4) is 0 Å². The zero-order chi connectivity index (χ0) is 8.97. The van der Waals surface area contributed by atoms with Crippen LogP contribution in [-0.2, 0) is 4.74 Å². The maximum Gasteiger partial charge on any atom is 0.183 e. The molecule has 1 fully saturated rings. The van der Waals surface area contributed by atoms with Crippen molar-refractivity contribution in [2.75, 3.05) is 7.11 Å². The van der Waals surface area contributed by atoms with Crippen molar-refractivity contribution in [2.24, 2.45) is 11.8 Å². The van der Waals surface area contributed by atoms with Crippen LogP contribution in [0.4, 0.5) is 0 Å². The van der Waals surface area contributed by atoms with Crippen LogP contribution < -0.4 is 0 Å². The molecule has 0 bridgehead atoms. The molecule has 1 N–H and O–H groups in total. The van der Waals surface area contributed by atoms with Crippen LogP contribution >= 0.6 is 0 Å². The fourth-order valence-electron chi connectivity index (χ4n) is 2.00. The second-order valence-electron chi connectivity index (χ2n) is 3.69. The van der Waals surface area contributed by atoms with Crippen LogP contribution in [0.2, 0.25) is 0 Å². The van der Waals surface area contributed by atoms with Crippen molar-refractivity contribution in [3.63, 3.8) is 0 Å². The predicted octanol–water partition coefficient (Wildman–Crippen LogP) is 2.83. The topological polar surface area (TPSA) is 33.1 Å². The Morgan fingerprint density at radius 3 is 2.33 bits per heavy atom. The van der Waals surface area contributed by atoms with Gasteiger partial charge < -0.3 is 4.74 Å². The van der Waals surface area contributed by atoms with Crippen LogP contribution in [0.3, 0.4) is 0 Å². The van der Waals surface area contributed by atoms with E-state index in [1.54, 1.807) is 7.11 Å². The molecule has 0 aromatic heterocycles. The molecule has 0 atom stereocenters. The van der Waals surface area contributed by atoms with Gasteiger partial charge in [-0.2, -0.15) is 0 Å². The molecule has 0 saturated heterocycles. The fraction of sp³-hybridized carbons (Fsp3) is 0.900. The molecule has 0 aromatic carbocycles. The first-order valence-corrected chi connectivity index (χ1v) is 4.90. The van der Waals surface area contributed by atoms with Gasteiger partial charge >= 0.3 is 0 Å². The molecule has 2 heteroatoms. The lowest BCUT2D eigenvalue weighted by Gasteiger charge is -2.27. The highest BCUT2D eigenvalue weighted by molar-refractivity contribution is 5.75. The van der Waals surface area contributed by atoms with Gasteiger partial charge in [0.05, 0.1) is 7.11 Å². The van der Waals surface area contributed by atoms with E-state index in [0.717, 1.165) is 18.8 Å². The quantitative estimate of drug-likeness (QED) is 0.500. The molecule has 0 amide bonds. The minimum Gasteiger partial charge on any atom is -0.484 e. The average Bonchev–Trinajstić information content (AvgIpc) is 2.17. The van der Waals surface area contributed by atoms with E-state index in [2.05, 4.69) is 6.92 Å². The van der Waals surface area contributed by atoms with E-state index in [1.807, 2.05) is 0 Å². The van der Waals surface area contributed by atoms with Gasteiger partial charge in [-0.25, -0.2) is 0 Å². The Kier molecular flexibility index (Phi) is 3.57. The Bertz CT molecular complexity index is 148. The number of methoxy groups -OCH3 is 1. The molecule has 0 radical (unpaired) electrons. The van der Waals surface area contributed by atoms with E-state index in [-0.39, 0.29) is 0 Å². The highest BCUT2D eigenvalue weighted by Crippen LogP contribution is 2.31. The molecular formula is C10H19NO. The van der Waals surface area contributed by atoms with Gasteiger partial charge in [-0.3, -0.25) is 5.41 Å². The Labute approximate surface area is 74.8 Å². The van der Waals surface area contributed by atoms with Gasteiger partial charge in [0.25, 0.3) is 0 Å². The SMILES string of the molecule is CCC1CCC(C(=N)OC)CC1. The lowest BCUT2D eigenvalue weighted by Crippen LogP contribution is -2.22. The van der Waals surface area contributed by atoms with Crippen LogP contribution in [0.1, 0.15) is 39.0 Å². The normalized spacial score (nSPS) is 29.8. The third kappa shape index (κ3) is 2.23. The highest BCUT2D eigenvalue weighted by atomic mass is 16.5. The summed E-state index contributed by atoms with van der Waals surface area (Å²) in [6.07, 6.45) is 6.18. The lowest BCUT2D eigenvalue weighted by atomic mass is 9.81. The molecule has 0 aliphatic heterocycles. The summed E-state index contributed by atoms with van der Waals surface area (Å²) in [6, 6.07) is 0. The summed E-state index contributed by atoms with van der Waals surface area (Å²) < 4.78 is 4.94. The largest absolute Gasteiger partial charge is 0.484 e. The average molecular weight is 169 g/mol. The van der Waals surface area contributed by atoms with Gasteiger partial charge in [-0.15, -0.1) is 0 Å². The summed E-state index contributed by atoms with van der Waals surface area (Å²) in [5.74, 6) is 1.81. The fourth-order valence-corrected chi connectivity index (χ4v) is 2.00. The van der Waals surface area contributed by atoms with Gasteiger partial charge in [0.15, 0.2) is 5.90 Å². The second kappa shape index (κ2) is 4.48. The predicted molar refractivity (Wildman–Crippen MR) is 50.5 cm³/mol. The molecule has 1 aliphatic carbocycles. The van der Waals surface area contributed by atoms with E-state index in [0.29, 0.717) is 11.8 Å². The molecule has 0 heterocycles. The molecule has 1 aliphatic rings. The first kappa shape index (κ1) is 9.56. The zero-order valence-electron chi connectivity index (χ0n) is 8.10. The standard InChI is InChI=1S/C10H19NO/c1-3-8-4-6-9(7-5-8)10(11)12-2/h8-9,11H,3-7H2,1-2H3. The maximum absolute atomic E-state index is 7.53. The van der Waals surface area contributed by atoms with Gasteiger partial charge in [-0.1, -0.05) is 13.3 Å². The Morgan fingerprint density at radius 2 is 1.92 bits per heavy atom. The molecule has 0 spiro atoms. The van der Waals surface area contributed by atoms with Crippen LogP contribution in [-0.4, -0.2) is 13.0 Å². The third-order valence-electron chi connectivity index (χ3n) is 3.01. The molecule has 12 heavy (non-hydrogen) atoms. The van der Waals surface area contributed by atoms with Gasteiger partial charge in [0, 0.05) is 5.92 Å². The van der Waals surface area contributed by atoms with Crippen LogP contribution in [0, 0.1) is 17.2 Å². The third-order valence-corrected chi connectivity index (χ3v) is 3.01. The van der Waals surface area contributed by atoms with E-state index in [1.165, 1.54) is 19.3 Å². The van der Waals surface area contributed by atoms with Crippen molar-refractivity contribution in [3.05, 3.63) is 0 Å². The first-order chi connectivity index (χ1) is 5.77. The van der Waals surface area contributed by atoms with Crippen molar-refractivity contribution in [1.82, 2.24) is 0 Å². The van der Waals surface area contributed by atoms with Crippen molar-refractivity contribution in [1.29, 1.82) is 5.41 Å². The summed E-state index contributed by atoms with van der Waals surface area (Å²) >= 11 is 0. The van der Waals surface area contributed by atoms with E-state index < -0.39 is 0 Å². The maximum atomic E-state index is 7.53. The number of nitrogens with one attached hydrogen (secondary N) is 1. The number of hydrogen-bond acceptors (Lipinski definition) is 2. The number of hydrogen-bond donors (Lipinski definition) is 1. The number of ether oxygens (including phenoxy) is 1. The van der Waals surface area contributed by atoms with E-state index in [9.17, 15) is 0 Å². The minimum atomic E-state index is 0.415. The van der Waals surface area contributed by atoms with Crippen molar-refractivity contribution < 1.29 is 4.74 Å². The highest BCUT2D eigenvalue weighted by Gasteiger charge is 2.23. The summed E-state index contributed by atoms with van der Waals surface area (Å²) in [6.45, 7) is 2.26. The molecule has 70 valence electrons. The van der Waals surface area contributed by atoms with Crippen molar-refractivity contribution in [2.45, 2.75) is 39.0 Å². The molecular weight excluding hydrogens is 150 g/mol. The van der Waals surface area contributed by atoms with Gasteiger partial charge in [0.2, 0.25) is 0 Å². The molecule has 2 nitrogen and oxygen atoms in total. The smallest absolute Gasteiger partial charge is 0.183 e. The van der Waals surface area contributed by atoms with Gasteiger partial charge in [0.1, 0.15) is 0 Å². The first-order valence-electron chi connectivity index (χ1n) is 4.90. The zero-order valence-corrected chi connectivity index (χ0v) is 8.10. The van der Waals surface area contributed by atoms with Crippen LogP contribution in [0.25, 0.3) is 0 Å². The Hall–Kier alpha value is -0.530. The molecule has 1 rings (SSSR count).